The summed E-state index contributed by atoms with van der Waals surface area (Å²) >= 11 is 0.979. The van der Waals surface area contributed by atoms with Crippen molar-refractivity contribution in [2.24, 2.45) is 0 Å². The molecule has 0 bridgehead atoms. The Hall–Kier alpha value is -3.53. The predicted octanol–water partition coefficient (Wildman–Crippen LogP) is 3.51. The number of carbonyl (C=O) groups is 4. The minimum Gasteiger partial charge on any atom is -0.497 e. The molecule has 10 heteroatoms. The summed E-state index contributed by atoms with van der Waals surface area (Å²) in [6.45, 7) is 0.0474. The van der Waals surface area contributed by atoms with Crippen LogP contribution in [0.3, 0.4) is 0 Å². The Bertz CT molecular complexity index is 1020. The minimum atomic E-state index is -0.968. The maximum absolute atomic E-state index is 12.2. The maximum atomic E-state index is 12.2. The molecule has 1 heterocycles. The Morgan fingerprint density at radius 3 is 2.29 bits per heavy atom. The smallest absolute Gasteiger partial charge is 0.306 e. The summed E-state index contributed by atoms with van der Waals surface area (Å²) in [4.78, 5) is 46.0. The fourth-order valence-corrected chi connectivity index (χ4v) is 4.11. The second-order valence-electron chi connectivity index (χ2n) is 7.54. The number of hydrogen-bond donors (Lipinski definition) is 2. The number of aliphatic carboxylic acids is 1. The monoisotopic (exact) mass is 487 g/mol. The summed E-state index contributed by atoms with van der Waals surface area (Å²) in [5.74, 6) is -0.567. The number of ether oxygens (including phenoxy) is 3. The fraction of sp³-hybridized carbons (Fsp3) is 0.333. The first kappa shape index (κ1) is 25.1. The lowest BCUT2D eigenvalue weighted by atomic mass is 10.1. The van der Waals surface area contributed by atoms with Crippen LogP contribution >= 0.6 is 11.8 Å². The van der Waals surface area contributed by atoms with Gasteiger partial charge in [-0.15, -0.1) is 0 Å². The second-order valence-corrected chi connectivity index (χ2v) is 8.72. The molecule has 0 saturated carbocycles. The van der Waals surface area contributed by atoms with Crippen LogP contribution in [0, 0.1) is 0 Å². The number of nitrogens with one attached hydrogen (secondary N) is 1. The van der Waals surface area contributed by atoms with Gasteiger partial charge in [-0.1, -0.05) is 36.0 Å². The zero-order valence-electron chi connectivity index (χ0n) is 18.5. The Labute approximate surface area is 200 Å². The number of benzene rings is 2. The molecule has 2 aromatic carbocycles. The molecule has 2 aromatic rings. The van der Waals surface area contributed by atoms with E-state index in [0.717, 1.165) is 17.3 Å². The minimum absolute atomic E-state index is 0.0110. The van der Waals surface area contributed by atoms with E-state index < -0.39 is 23.3 Å². The molecule has 180 valence electrons. The summed E-state index contributed by atoms with van der Waals surface area (Å²) in [5, 5.41) is 10.2. The zero-order chi connectivity index (χ0) is 24.5. The average Bonchev–Trinajstić information content (AvgIpc) is 3.13. The molecular formula is C24H25NO8S. The third kappa shape index (κ3) is 7.51. The van der Waals surface area contributed by atoms with E-state index in [0.29, 0.717) is 23.5 Å². The molecule has 3 rings (SSSR count). The molecule has 34 heavy (non-hydrogen) atoms. The van der Waals surface area contributed by atoms with Crippen molar-refractivity contribution < 1.29 is 38.5 Å². The lowest BCUT2D eigenvalue weighted by Crippen LogP contribution is -2.25. The largest absolute Gasteiger partial charge is 0.497 e. The number of hydrogen-bond acceptors (Lipinski definition) is 8. The second kappa shape index (κ2) is 12.1. The summed E-state index contributed by atoms with van der Waals surface area (Å²) in [6, 6.07) is 14.1. The number of thioether (sulfide) groups is 1. The number of carboxylic acid groups (broad SMARTS) is 1. The molecule has 0 aromatic heterocycles. The molecule has 2 atom stereocenters. The molecule has 1 aliphatic rings. The van der Waals surface area contributed by atoms with Crippen LogP contribution in [0.4, 0.5) is 4.79 Å². The SMILES string of the molecule is COc1ccc(C(COc2ccc(CC3SC(=O)NC3=O)cc2)OC(=O)CCCC(=O)O)cc1. The summed E-state index contributed by atoms with van der Waals surface area (Å²) in [5.41, 5.74) is 1.59. The van der Waals surface area contributed by atoms with Gasteiger partial charge in [-0.2, -0.15) is 0 Å². The number of esters is 1. The highest BCUT2D eigenvalue weighted by molar-refractivity contribution is 8.15. The lowest BCUT2D eigenvalue weighted by Gasteiger charge is -2.19. The molecule has 2 unspecified atom stereocenters. The molecule has 0 aliphatic carbocycles. The van der Waals surface area contributed by atoms with Crippen molar-refractivity contribution in [3.63, 3.8) is 0 Å². The molecule has 1 fully saturated rings. The van der Waals surface area contributed by atoms with Crippen molar-refractivity contribution in [2.45, 2.75) is 37.0 Å². The van der Waals surface area contributed by atoms with Gasteiger partial charge >= 0.3 is 11.9 Å². The molecule has 1 aliphatic heterocycles. The molecule has 9 nitrogen and oxygen atoms in total. The zero-order valence-corrected chi connectivity index (χ0v) is 19.3. The van der Waals surface area contributed by atoms with Gasteiger partial charge in [0.05, 0.1) is 12.4 Å². The van der Waals surface area contributed by atoms with Gasteiger partial charge in [-0.3, -0.25) is 24.5 Å². The van der Waals surface area contributed by atoms with Gasteiger partial charge in [0.1, 0.15) is 18.1 Å². The molecule has 2 N–H and O–H groups in total. The summed E-state index contributed by atoms with van der Waals surface area (Å²) < 4.78 is 16.6. The first-order chi connectivity index (χ1) is 16.3. The van der Waals surface area contributed by atoms with Crippen LogP contribution in [0.5, 0.6) is 11.5 Å². The predicted molar refractivity (Wildman–Crippen MR) is 124 cm³/mol. The van der Waals surface area contributed by atoms with Crippen LogP contribution < -0.4 is 14.8 Å². The first-order valence-corrected chi connectivity index (χ1v) is 11.5. The van der Waals surface area contributed by atoms with Crippen LogP contribution in [0.1, 0.15) is 36.5 Å². The molecule has 2 amide bonds. The summed E-state index contributed by atoms with van der Waals surface area (Å²) in [7, 11) is 1.55. The Morgan fingerprint density at radius 1 is 1.03 bits per heavy atom. The van der Waals surface area contributed by atoms with Gasteiger partial charge < -0.3 is 19.3 Å². The van der Waals surface area contributed by atoms with Crippen LogP contribution in [0.25, 0.3) is 0 Å². The maximum Gasteiger partial charge on any atom is 0.306 e. The van der Waals surface area contributed by atoms with Gasteiger partial charge in [0.2, 0.25) is 5.91 Å². The van der Waals surface area contributed by atoms with Gasteiger partial charge in [0.15, 0.2) is 6.10 Å². The van der Waals surface area contributed by atoms with E-state index in [2.05, 4.69) is 5.32 Å². The van der Waals surface area contributed by atoms with Crippen molar-refractivity contribution in [3.8, 4) is 11.5 Å². The molecule has 1 saturated heterocycles. The Balaban J connectivity index is 1.60. The topological polar surface area (TPSA) is 128 Å². The van der Waals surface area contributed by atoms with Crippen LogP contribution in [-0.4, -0.2) is 47.2 Å². The Kier molecular flexibility index (Phi) is 8.92. The quantitative estimate of drug-likeness (QED) is 0.432. The standard InChI is InChI=1S/C24H25NO8S/c1-31-17-11-7-16(8-12-17)19(33-22(28)4-2-3-21(26)27)14-32-18-9-5-15(6-10-18)13-20-23(29)25-24(30)34-20/h5-12,19-20H,2-4,13-14H2,1H3,(H,26,27)(H,25,29,30). The third-order valence-electron chi connectivity index (χ3n) is 5.05. The number of rotatable bonds is 12. The highest BCUT2D eigenvalue weighted by atomic mass is 32.2. The molecule has 0 spiro atoms. The van der Waals surface area contributed by atoms with E-state index in [4.69, 9.17) is 19.3 Å². The van der Waals surface area contributed by atoms with E-state index in [-0.39, 0.29) is 37.0 Å². The lowest BCUT2D eigenvalue weighted by molar-refractivity contribution is -0.151. The fourth-order valence-electron chi connectivity index (χ4n) is 3.25. The summed E-state index contributed by atoms with van der Waals surface area (Å²) in [6.07, 6.45) is -0.212. The third-order valence-corrected chi connectivity index (χ3v) is 6.03. The number of imide groups is 1. The van der Waals surface area contributed by atoms with E-state index in [1.165, 1.54) is 0 Å². The number of methoxy groups -OCH3 is 1. The van der Waals surface area contributed by atoms with E-state index >= 15 is 0 Å². The van der Waals surface area contributed by atoms with Crippen LogP contribution in [0.15, 0.2) is 48.5 Å². The molecule has 0 radical (unpaired) electrons. The van der Waals surface area contributed by atoms with Gasteiger partial charge in [0.25, 0.3) is 5.24 Å². The van der Waals surface area contributed by atoms with Crippen molar-refractivity contribution >= 4 is 34.8 Å². The highest BCUT2D eigenvalue weighted by Crippen LogP contribution is 2.26. The van der Waals surface area contributed by atoms with Crippen LogP contribution in [0.2, 0.25) is 0 Å². The number of carbonyl (C=O) groups excluding carboxylic acids is 3. The Morgan fingerprint density at radius 2 is 1.71 bits per heavy atom. The first-order valence-electron chi connectivity index (χ1n) is 10.6. The van der Waals surface area contributed by atoms with Crippen molar-refractivity contribution in [2.75, 3.05) is 13.7 Å². The number of carboxylic acids is 1. The highest BCUT2D eigenvalue weighted by Gasteiger charge is 2.31. The van der Waals surface area contributed by atoms with E-state index in [1.54, 1.807) is 43.5 Å². The van der Waals surface area contributed by atoms with E-state index in [1.807, 2.05) is 12.1 Å². The van der Waals surface area contributed by atoms with E-state index in [9.17, 15) is 19.2 Å². The normalized spacial score (nSPS) is 16.0. The van der Waals surface area contributed by atoms with Gasteiger partial charge in [-0.25, -0.2) is 0 Å². The van der Waals surface area contributed by atoms with Gasteiger partial charge in [0, 0.05) is 12.8 Å². The molecular weight excluding hydrogens is 462 g/mol. The van der Waals surface area contributed by atoms with Crippen molar-refractivity contribution in [1.82, 2.24) is 5.32 Å². The van der Waals surface area contributed by atoms with Crippen molar-refractivity contribution in [3.05, 3.63) is 59.7 Å². The van der Waals surface area contributed by atoms with Gasteiger partial charge in [-0.05, 0) is 48.2 Å². The van der Waals surface area contributed by atoms with Crippen molar-refractivity contribution in [1.29, 1.82) is 0 Å². The average molecular weight is 488 g/mol. The van der Waals surface area contributed by atoms with Crippen LogP contribution in [-0.2, 0) is 25.5 Å². The number of amides is 2.